The summed E-state index contributed by atoms with van der Waals surface area (Å²) < 4.78 is 5.23. The number of nitrogens with zero attached hydrogens (tertiary/aromatic N) is 4. The van der Waals surface area contributed by atoms with Gasteiger partial charge in [0.15, 0.2) is 0 Å². The average molecular weight is 378 g/mol. The maximum absolute atomic E-state index is 13.1. The molecule has 2 aromatic rings. The smallest absolute Gasteiger partial charge is 0.254 e. The van der Waals surface area contributed by atoms with Gasteiger partial charge in [-0.2, -0.15) is 5.26 Å². The lowest BCUT2D eigenvalue weighted by Gasteiger charge is -2.38. The predicted molar refractivity (Wildman–Crippen MR) is 107 cm³/mol. The number of ether oxygens (including phenoxy) is 1. The third kappa shape index (κ3) is 5.16. The summed E-state index contributed by atoms with van der Waals surface area (Å²) in [7, 11) is 1.65. The molecule has 0 spiro atoms. The fraction of sp³-hybridized carbons (Fsp3) is 0.409. The summed E-state index contributed by atoms with van der Waals surface area (Å²) in [5.74, 6) is -0.0262. The number of rotatable bonds is 7. The molecule has 1 saturated heterocycles. The molecule has 0 saturated carbocycles. The number of piperidine rings is 1. The van der Waals surface area contributed by atoms with E-state index in [4.69, 9.17) is 10.00 Å². The Morgan fingerprint density at radius 3 is 2.71 bits per heavy atom. The van der Waals surface area contributed by atoms with Gasteiger partial charge in [0, 0.05) is 57.3 Å². The van der Waals surface area contributed by atoms with Crippen molar-refractivity contribution >= 4 is 5.91 Å². The second-order valence-corrected chi connectivity index (χ2v) is 7.05. The number of pyridine rings is 1. The summed E-state index contributed by atoms with van der Waals surface area (Å²) in [4.78, 5) is 21.5. The second-order valence-electron chi connectivity index (χ2n) is 7.05. The Morgan fingerprint density at radius 1 is 1.29 bits per heavy atom. The second kappa shape index (κ2) is 9.98. The van der Waals surface area contributed by atoms with Gasteiger partial charge in [0.1, 0.15) is 0 Å². The highest BCUT2D eigenvalue weighted by Gasteiger charge is 2.28. The Hall–Kier alpha value is -2.75. The first-order valence-electron chi connectivity index (χ1n) is 9.62. The van der Waals surface area contributed by atoms with Crippen LogP contribution in [0.4, 0.5) is 0 Å². The molecule has 1 aliphatic rings. The van der Waals surface area contributed by atoms with Crippen LogP contribution in [0.25, 0.3) is 0 Å². The number of benzene rings is 1. The molecule has 1 aliphatic heterocycles. The van der Waals surface area contributed by atoms with Crippen molar-refractivity contribution in [2.24, 2.45) is 0 Å². The predicted octanol–water partition coefficient (Wildman–Crippen LogP) is 2.71. The van der Waals surface area contributed by atoms with Crippen molar-refractivity contribution in [3.05, 3.63) is 65.5 Å². The zero-order chi connectivity index (χ0) is 19.8. The Bertz CT molecular complexity index is 811. The van der Waals surface area contributed by atoms with E-state index in [1.165, 1.54) is 5.56 Å². The minimum absolute atomic E-state index is 0.0262. The third-order valence-electron chi connectivity index (χ3n) is 5.19. The van der Waals surface area contributed by atoms with Gasteiger partial charge in [0.25, 0.3) is 5.91 Å². The fourth-order valence-electron chi connectivity index (χ4n) is 3.66. The molecule has 2 heterocycles. The molecule has 0 bridgehead atoms. The van der Waals surface area contributed by atoms with Crippen LogP contribution in [0.15, 0.2) is 48.8 Å². The van der Waals surface area contributed by atoms with E-state index in [-0.39, 0.29) is 11.9 Å². The van der Waals surface area contributed by atoms with Crippen LogP contribution in [-0.4, -0.2) is 60.1 Å². The molecule has 6 heteroatoms. The van der Waals surface area contributed by atoms with Crippen LogP contribution in [0.2, 0.25) is 0 Å². The van der Waals surface area contributed by atoms with Crippen LogP contribution < -0.4 is 0 Å². The van der Waals surface area contributed by atoms with Crippen molar-refractivity contribution in [2.45, 2.75) is 25.4 Å². The quantitative estimate of drug-likeness (QED) is 0.741. The largest absolute Gasteiger partial charge is 0.383 e. The number of aromatic nitrogens is 1. The lowest BCUT2D eigenvalue weighted by Crippen LogP contribution is -2.48. The maximum atomic E-state index is 13.1. The summed E-state index contributed by atoms with van der Waals surface area (Å²) in [6.45, 7) is 3.86. The van der Waals surface area contributed by atoms with Crippen molar-refractivity contribution < 1.29 is 9.53 Å². The summed E-state index contributed by atoms with van der Waals surface area (Å²) in [6, 6.07) is 13.3. The number of hydrogen-bond donors (Lipinski definition) is 0. The van der Waals surface area contributed by atoms with Crippen molar-refractivity contribution in [1.82, 2.24) is 14.8 Å². The minimum Gasteiger partial charge on any atom is -0.383 e. The first-order chi connectivity index (χ1) is 13.7. The van der Waals surface area contributed by atoms with E-state index >= 15 is 0 Å². The lowest BCUT2D eigenvalue weighted by molar-refractivity contribution is 0.0478. The molecule has 1 fully saturated rings. The molecule has 28 heavy (non-hydrogen) atoms. The van der Waals surface area contributed by atoms with Gasteiger partial charge in [-0.05, 0) is 48.7 Å². The van der Waals surface area contributed by atoms with Gasteiger partial charge in [-0.3, -0.25) is 14.7 Å². The number of carbonyl (C=O) groups excluding carboxylic acids is 1. The Balaban J connectivity index is 1.65. The number of methoxy groups -OCH3 is 1. The lowest BCUT2D eigenvalue weighted by atomic mass is 10.0. The van der Waals surface area contributed by atoms with Crippen molar-refractivity contribution in [3.8, 4) is 6.07 Å². The standard InChI is InChI=1S/C22H26N4O2/c1-28-14-13-26(22(27)20-4-2-3-19(15-20)16-23)21-7-11-25(12-8-21)17-18-5-9-24-10-6-18/h2-6,9-10,15,21H,7-8,11-14,17H2,1H3. The van der Waals surface area contributed by atoms with Gasteiger partial charge in [-0.25, -0.2) is 0 Å². The normalized spacial score (nSPS) is 15.1. The third-order valence-corrected chi connectivity index (χ3v) is 5.19. The van der Waals surface area contributed by atoms with E-state index in [2.05, 4.69) is 16.0 Å². The highest BCUT2D eigenvalue weighted by atomic mass is 16.5. The molecular formula is C22H26N4O2. The molecule has 146 valence electrons. The molecule has 0 aliphatic carbocycles. The number of likely N-dealkylation sites (tertiary alicyclic amines) is 1. The summed E-state index contributed by atoms with van der Waals surface area (Å²) in [5, 5.41) is 9.12. The van der Waals surface area contributed by atoms with Gasteiger partial charge in [0.05, 0.1) is 18.2 Å². The summed E-state index contributed by atoms with van der Waals surface area (Å²) in [6.07, 6.45) is 5.50. The van der Waals surface area contributed by atoms with E-state index in [9.17, 15) is 4.79 Å². The Morgan fingerprint density at radius 2 is 2.04 bits per heavy atom. The topological polar surface area (TPSA) is 69.5 Å². The number of carbonyl (C=O) groups is 1. The van der Waals surface area contributed by atoms with E-state index in [1.807, 2.05) is 29.4 Å². The SMILES string of the molecule is COCCN(C(=O)c1cccc(C#N)c1)C1CCN(Cc2ccncc2)CC1. The van der Waals surface area contributed by atoms with E-state index in [1.54, 1.807) is 31.4 Å². The Labute approximate surface area is 166 Å². The fourth-order valence-corrected chi connectivity index (χ4v) is 3.66. The van der Waals surface area contributed by atoms with Crippen LogP contribution >= 0.6 is 0 Å². The molecule has 1 amide bonds. The van der Waals surface area contributed by atoms with Gasteiger partial charge >= 0.3 is 0 Å². The molecule has 0 radical (unpaired) electrons. The van der Waals surface area contributed by atoms with Crippen LogP contribution in [0, 0.1) is 11.3 Å². The van der Waals surface area contributed by atoms with Crippen molar-refractivity contribution in [2.75, 3.05) is 33.4 Å². The zero-order valence-electron chi connectivity index (χ0n) is 16.3. The molecule has 0 atom stereocenters. The van der Waals surface area contributed by atoms with Gasteiger partial charge < -0.3 is 9.64 Å². The molecule has 0 unspecified atom stereocenters. The molecule has 1 aromatic carbocycles. The van der Waals surface area contributed by atoms with Crippen molar-refractivity contribution in [1.29, 1.82) is 5.26 Å². The van der Waals surface area contributed by atoms with Crippen molar-refractivity contribution in [3.63, 3.8) is 0 Å². The van der Waals surface area contributed by atoms with E-state index in [0.29, 0.717) is 24.3 Å². The van der Waals surface area contributed by atoms with Gasteiger partial charge in [0.2, 0.25) is 0 Å². The zero-order valence-corrected chi connectivity index (χ0v) is 16.3. The number of hydrogen-bond acceptors (Lipinski definition) is 5. The first kappa shape index (κ1) is 20.0. The molecule has 0 N–H and O–H groups in total. The molecule has 1 aromatic heterocycles. The van der Waals surface area contributed by atoms with Crippen LogP contribution in [0.1, 0.15) is 34.3 Å². The van der Waals surface area contributed by atoms with Crippen LogP contribution in [0.5, 0.6) is 0 Å². The highest BCUT2D eigenvalue weighted by molar-refractivity contribution is 5.94. The van der Waals surface area contributed by atoms with Crippen LogP contribution in [0.3, 0.4) is 0 Å². The molecule has 6 nitrogen and oxygen atoms in total. The molecule has 3 rings (SSSR count). The highest BCUT2D eigenvalue weighted by Crippen LogP contribution is 2.21. The van der Waals surface area contributed by atoms with Gasteiger partial charge in [-0.15, -0.1) is 0 Å². The Kier molecular flexibility index (Phi) is 7.12. The summed E-state index contributed by atoms with van der Waals surface area (Å²) >= 11 is 0. The summed E-state index contributed by atoms with van der Waals surface area (Å²) in [5.41, 5.74) is 2.33. The van der Waals surface area contributed by atoms with Gasteiger partial charge in [-0.1, -0.05) is 6.07 Å². The van der Waals surface area contributed by atoms with Crippen LogP contribution in [-0.2, 0) is 11.3 Å². The molecular weight excluding hydrogens is 352 g/mol. The van der Waals surface area contributed by atoms with E-state index in [0.717, 1.165) is 32.5 Å². The number of nitriles is 1. The monoisotopic (exact) mass is 378 g/mol. The minimum atomic E-state index is -0.0262. The van der Waals surface area contributed by atoms with E-state index < -0.39 is 0 Å². The number of amides is 1. The first-order valence-corrected chi connectivity index (χ1v) is 9.62. The maximum Gasteiger partial charge on any atom is 0.254 e. The average Bonchev–Trinajstić information content (AvgIpc) is 2.75.